The van der Waals surface area contributed by atoms with Gasteiger partial charge in [0, 0.05) is 18.5 Å². The predicted molar refractivity (Wildman–Crippen MR) is 86.4 cm³/mol. The van der Waals surface area contributed by atoms with Crippen molar-refractivity contribution in [3.05, 3.63) is 48.0 Å². The Morgan fingerprint density at radius 3 is 2.67 bits per heavy atom. The average Bonchev–Trinajstić information content (AvgIpc) is 2.88. The molecule has 21 heavy (non-hydrogen) atoms. The Morgan fingerprint density at radius 1 is 1.00 bits per heavy atom. The third-order valence-electron chi connectivity index (χ3n) is 5.23. The highest BCUT2D eigenvalue weighted by molar-refractivity contribution is 5.83. The standard InChI is InChI=1S/C19H23NO/c1-2-6-16-11-17(8-7-15(16)5-1)18-12-20-13-19(14-21-18)9-3-4-10-19/h1-2,5-8,11,18,20H,3-4,9-10,12-14H2. The zero-order valence-corrected chi connectivity index (χ0v) is 12.5. The van der Waals surface area contributed by atoms with Gasteiger partial charge in [0.05, 0.1) is 12.7 Å². The second kappa shape index (κ2) is 5.43. The topological polar surface area (TPSA) is 21.3 Å². The number of benzene rings is 2. The minimum absolute atomic E-state index is 0.189. The smallest absolute Gasteiger partial charge is 0.0949 e. The number of hydrogen-bond donors (Lipinski definition) is 1. The Balaban J connectivity index is 1.57. The normalized spacial score (nSPS) is 25.2. The van der Waals surface area contributed by atoms with Gasteiger partial charge in [-0.2, -0.15) is 0 Å². The van der Waals surface area contributed by atoms with E-state index < -0.39 is 0 Å². The van der Waals surface area contributed by atoms with E-state index in [1.165, 1.54) is 42.0 Å². The van der Waals surface area contributed by atoms with Crippen molar-refractivity contribution in [2.45, 2.75) is 31.8 Å². The molecule has 0 bridgehead atoms. The third kappa shape index (κ3) is 2.58. The largest absolute Gasteiger partial charge is 0.372 e. The number of hydrogen-bond acceptors (Lipinski definition) is 2. The van der Waals surface area contributed by atoms with Crippen LogP contribution in [0.4, 0.5) is 0 Å². The lowest BCUT2D eigenvalue weighted by atomic mass is 9.87. The Hall–Kier alpha value is -1.38. The molecule has 1 aliphatic carbocycles. The minimum atomic E-state index is 0.189. The molecular weight excluding hydrogens is 258 g/mol. The molecule has 2 nitrogen and oxygen atoms in total. The zero-order valence-electron chi connectivity index (χ0n) is 12.5. The molecule has 1 N–H and O–H groups in total. The van der Waals surface area contributed by atoms with Crippen LogP contribution in [0.2, 0.25) is 0 Å². The summed E-state index contributed by atoms with van der Waals surface area (Å²) in [4.78, 5) is 0. The van der Waals surface area contributed by atoms with Crippen LogP contribution in [0.5, 0.6) is 0 Å². The van der Waals surface area contributed by atoms with Crippen molar-refractivity contribution >= 4 is 10.8 Å². The van der Waals surface area contributed by atoms with E-state index in [0.717, 1.165) is 19.7 Å². The molecule has 1 saturated heterocycles. The Kier molecular flexibility index (Phi) is 3.44. The summed E-state index contributed by atoms with van der Waals surface area (Å²) in [6.07, 6.45) is 5.57. The number of rotatable bonds is 1. The maximum atomic E-state index is 6.31. The molecule has 1 atom stereocenters. The maximum absolute atomic E-state index is 6.31. The molecule has 1 spiro atoms. The molecule has 2 aromatic rings. The summed E-state index contributed by atoms with van der Waals surface area (Å²) in [5.41, 5.74) is 1.71. The van der Waals surface area contributed by atoms with E-state index in [1.54, 1.807) is 0 Å². The van der Waals surface area contributed by atoms with Crippen molar-refractivity contribution in [3.63, 3.8) is 0 Å². The summed E-state index contributed by atoms with van der Waals surface area (Å²) >= 11 is 0. The van der Waals surface area contributed by atoms with Gasteiger partial charge in [0.2, 0.25) is 0 Å². The molecule has 0 aromatic heterocycles. The van der Waals surface area contributed by atoms with E-state index in [9.17, 15) is 0 Å². The van der Waals surface area contributed by atoms with Crippen molar-refractivity contribution in [2.24, 2.45) is 5.41 Å². The van der Waals surface area contributed by atoms with Gasteiger partial charge in [-0.25, -0.2) is 0 Å². The lowest BCUT2D eigenvalue weighted by Gasteiger charge is -2.26. The van der Waals surface area contributed by atoms with Gasteiger partial charge >= 0.3 is 0 Å². The Bertz CT molecular complexity index is 630. The van der Waals surface area contributed by atoms with E-state index in [0.29, 0.717) is 5.41 Å². The predicted octanol–water partition coefficient (Wildman–Crippen LogP) is 4.06. The fraction of sp³-hybridized carbons (Fsp3) is 0.474. The maximum Gasteiger partial charge on any atom is 0.0949 e. The zero-order chi connectivity index (χ0) is 14.1. The molecule has 1 unspecified atom stereocenters. The van der Waals surface area contributed by atoms with E-state index in [4.69, 9.17) is 4.74 Å². The lowest BCUT2D eigenvalue weighted by molar-refractivity contribution is 0.0159. The van der Waals surface area contributed by atoms with Crippen LogP contribution in [-0.2, 0) is 4.74 Å². The summed E-state index contributed by atoms with van der Waals surface area (Å²) in [7, 11) is 0. The monoisotopic (exact) mass is 281 g/mol. The lowest BCUT2D eigenvalue weighted by Crippen LogP contribution is -2.32. The van der Waals surface area contributed by atoms with Crippen molar-refractivity contribution < 1.29 is 4.74 Å². The summed E-state index contributed by atoms with van der Waals surface area (Å²) in [5.74, 6) is 0. The van der Waals surface area contributed by atoms with E-state index in [1.807, 2.05) is 0 Å². The second-order valence-corrected chi connectivity index (χ2v) is 6.74. The number of nitrogens with one attached hydrogen (secondary N) is 1. The highest BCUT2D eigenvalue weighted by Crippen LogP contribution is 2.40. The number of fused-ring (bicyclic) bond motifs is 1. The first-order chi connectivity index (χ1) is 10.3. The first-order valence-electron chi connectivity index (χ1n) is 8.16. The molecule has 2 aliphatic rings. The first kappa shape index (κ1) is 13.3. The van der Waals surface area contributed by atoms with Gasteiger partial charge in [-0.05, 0) is 35.2 Å². The highest BCUT2D eigenvalue weighted by Gasteiger charge is 2.36. The van der Waals surface area contributed by atoms with Gasteiger partial charge < -0.3 is 10.1 Å². The second-order valence-electron chi connectivity index (χ2n) is 6.74. The van der Waals surface area contributed by atoms with Gasteiger partial charge in [0.25, 0.3) is 0 Å². The van der Waals surface area contributed by atoms with E-state index in [-0.39, 0.29) is 6.10 Å². The third-order valence-corrected chi connectivity index (χ3v) is 5.23. The van der Waals surface area contributed by atoms with Crippen LogP contribution in [0.3, 0.4) is 0 Å². The molecule has 1 aliphatic heterocycles. The van der Waals surface area contributed by atoms with Crippen LogP contribution in [0.1, 0.15) is 37.4 Å². The molecule has 2 heteroatoms. The quantitative estimate of drug-likeness (QED) is 0.851. The molecule has 0 amide bonds. The van der Waals surface area contributed by atoms with Gasteiger partial charge in [0.15, 0.2) is 0 Å². The molecule has 1 saturated carbocycles. The van der Waals surface area contributed by atoms with Crippen molar-refractivity contribution in [1.82, 2.24) is 5.32 Å². The molecule has 1 heterocycles. The molecule has 0 radical (unpaired) electrons. The van der Waals surface area contributed by atoms with E-state index in [2.05, 4.69) is 47.8 Å². The molecule has 110 valence electrons. The summed E-state index contributed by atoms with van der Waals surface area (Å²) in [5, 5.41) is 6.26. The Morgan fingerprint density at radius 2 is 1.81 bits per heavy atom. The molecular formula is C19H23NO. The molecule has 4 rings (SSSR count). The van der Waals surface area contributed by atoms with Gasteiger partial charge in [-0.1, -0.05) is 49.2 Å². The Labute approximate surface area is 126 Å². The fourth-order valence-corrected chi connectivity index (χ4v) is 3.92. The summed E-state index contributed by atoms with van der Waals surface area (Å²) in [6.45, 7) is 2.97. The molecule has 2 aromatic carbocycles. The minimum Gasteiger partial charge on any atom is -0.372 e. The SMILES string of the molecule is c1ccc2cc(C3CNCC4(CCCC4)CO3)ccc2c1. The van der Waals surface area contributed by atoms with Crippen LogP contribution in [0.25, 0.3) is 10.8 Å². The summed E-state index contributed by atoms with van der Waals surface area (Å²) < 4.78 is 6.31. The highest BCUT2D eigenvalue weighted by atomic mass is 16.5. The average molecular weight is 281 g/mol. The van der Waals surface area contributed by atoms with Gasteiger partial charge in [-0.3, -0.25) is 0 Å². The van der Waals surface area contributed by atoms with Gasteiger partial charge in [0.1, 0.15) is 0 Å². The van der Waals surface area contributed by atoms with Crippen LogP contribution in [-0.4, -0.2) is 19.7 Å². The van der Waals surface area contributed by atoms with Crippen LogP contribution in [0.15, 0.2) is 42.5 Å². The van der Waals surface area contributed by atoms with Crippen LogP contribution in [0, 0.1) is 5.41 Å². The van der Waals surface area contributed by atoms with Crippen molar-refractivity contribution in [2.75, 3.05) is 19.7 Å². The summed E-state index contributed by atoms with van der Waals surface area (Å²) in [6, 6.07) is 15.3. The van der Waals surface area contributed by atoms with Crippen LogP contribution < -0.4 is 5.32 Å². The van der Waals surface area contributed by atoms with Crippen LogP contribution >= 0.6 is 0 Å². The molecule has 2 fully saturated rings. The number of ether oxygens (including phenoxy) is 1. The van der Waals surface area contributed by atoms with E-state index >= 15 is 0 Å². The van der Waals surface area contributed by atoms with Crippen molar-refractivity contribution in [3.8, 4) is 0 Å². The fourth-order valence-electron chi connectivity index (χ4n) is 3.92. The first-order valence-corrected chi connectivity index (χ1v) is 8.16. The van der Waals surface area contributed by atoms with Gasteiger partial charge in [-0.15, -0.1) is 0 Å². The van der Waals surface area contributed by atoms with Crippen molar-refractivity contribution in [1.29, 1.82) is 0 Å².